The van der Waals surface area contributed by atoms with E-state index in [1.54, 1.807) is 30.3 Å². The van der Waals surface area contributed by atoms with Crippen molar-refractivity contribution in [1.82, 2.24) is 20.6 Å². The molecule has 1 heterocycles. The van der Waals surface area contributed by atoms with Crippen LogP contribution >= 0.6 is 11.6 Å². The highest BCUT2D eigenvalue weighted by atomic mass is 35.5. The van der Waals surface area contributed by atoms with Crippen LogP contribution in [0, 0.1) is 12.7 Å². The second kappa shape index (κ2) is 8.99. The molecule has 0 spiro atoms. The van der Waals surface area contributed by atoms with E-state index in [0.717, 1.165) is 18.4 Å². The van der Waals surface area contributed by atoms with Crippen molar-refractivity contribution in [3.05, 3.63) is 82.6 Å². The first-order valence-electron chi connectivity index (χ1n) is 9.95. The number of aryl methyl sites for hydroxylation is 1. The van der Waals surface area contributed by atoms with Crippen LogP contribution in [0.1, 0.15) is 34.3 Å². The molecule has 0 saturated heterocycles. The Morgan fingerprint density at radius 3 is 2.65 bits per heavy atom. The van der Waals surface area contributed by atoms with Crippen LogP contribution in [-0.4, -0.2) is 28.0 Å². The van der Waals surface area contributed by atoms with Crippen LogP contribution in [-0.2, 0) is 6.54 Å². The average Bonchev–Trinajstić information content (AvgIpc) is 3.51. The zero-order valence-electron chi connectivity index (χ0n) is 17.0. The third-order valence-corrected chi connectivity index (χ3v) is 5.46. The van der Waals surface area contributed by atoms with Crippen molar-refractivity contribution in [2.45, 2.75) is 31.8 Å². The molecule has 1 aliphatic rings. The molecule has 6 nitrogen and oxygen atoms in total. The van der Waals surface area contributed by atoms with Gasteiger partial charge in [-0.3, -0.25) is 4.79 Å². The fourth-order valence-electron chi connectivity index (χ4n) is 3.25. The van der Waals surface area contributed by atoms with Gasteiger partial charge < -0.3 is 15.4 Å². The van der Waals surface area contributed by atoms with E-state index >= 15 is 0 Å². The third-order valence-electron chi connectivity index (χ3n) is 5.22. The molecule has 1 saturated carbocycles. The normalized spacial score (nSPS) is 14.2. The Labute approximate surface area is 184 Å². The number of ether oxygens (including phenoxy) is 1. The Morgan fingerprint density at radius 1 is 1.19 bits per heavy atom. The van der Waals surface area contributed by atoms with Gasteiger partial charge in [-0.15, -0.1) is 0 Å². The topological polar surface area (TPSA) is 76.1 Å². The SMILES string of the molecule is Cc1cc(Cl)ccc1Oc1ccc(CNCC2(NC(=O)c3cncnc3)CC2)c(F)c1. The van der Waals surface area contributed by atoms with Gasteiger partial charge in [0.05, 0.1) is 11.1 Å². The number of amides is 1. The van der Waals surface area contributed by atoms with Crippen molar-refractivity contribution in [2.24, 2.45) is 0 Å². The molecule has 0 unspecified atom stereocenters. The number of benzene rings is 2. The lowest BCUT2D eigenvalue weighted by Crippen LogP contribution is -2.44. The van der Waals surface area contributed by atoms with E-state index in [1.165, 1.54) is 24.8 Å². The molecule has 1 aromatic heterocycles. The van der Waals surface area contributed by atoms with Crippen molar-refractivity contribution in [2.75, 3.05) is 6.54 Å². The molecule has 0 bridgehead atoms. The molecule has 1 amide bonds. The minimum absolute atomic E-state index is 0.204. The minimum atomic E-state index is -0.355. The van der Waals surface area contributed by atoms with Crippen molar-refractivity contribution >= 4 is 17.5 Å². The molecule has 4 rings (SSSR count). The molecule has 8 heteroatoms. The lowest BCUT2D eigenvalue weighted by molar-refractivity contribution is 0.0930. The maximum absolute atomic E-state index is 14.6. The molecule has 0 aliphatic heterocycles. The van der Waals surface area contributed by atoms with Gasteiger partial charge in [0.2, 0.25) is 0 Å². The van der Waals surface area contributed by atoms with Gasteiger partial charge in [-0.2, -0.15) is 0 Å². The fraction of sp³-hybridized carbons (Fsp3) is 0.261. The van der Waals surface area contributed by atoms with E-state index in [2.05, 4.69) is 20.6 Å². The van der Waals surface area contributed by atoms with Gasteiger partial charge in [0.15, 0.2) is 0 Å². The summed E-state index contributed by atoms with van der Waals surface area (Å²) in [5.41, 5.74) is 1.51. The first-order valence-corrected chi connectivity index (χ1v) is 10.3. The molecule has 160 valence electrons. The van der Waals surface area contributed by atoms with Gasteiger partial charge in [-0.1, -0.05) is 17.7 Å². The molecule has 1 aliphatic carbocycles. The van der Waals surface area contributed by atoms with Gasteiger partial charge in [-0.25, -0.2) is 14.4 Å². The van der Waals surface area contributed by atoms with Crippen molar-refractivity contribution in [3.63, 3.8) is 0 Å². The van der Waals surface area contributed by atoms with E-state index in [-0.39, 0.29) is 17.3 Å². The highest BCUT2D eigenvalue weighted by molar-refractivity contribution is 6.30. The largest absolute Gasteiger partial charge is 0.457 e. The molecule has 1 fully saturated rings. The lowest BCUT2D eigenvalue weighted by Gasteiger charge is -2.18. The number of nitrogens with zero attached hydrogens (tertiary/aromatic N) is 2. The number of carbonyl (C=O) groups excluding carboxylic acids is 1. The average molecular weight is 441 g/mol. The van der Waals surface area contributed by atoms with Crippen molar-refractivity contribution < 1.29 is 13.9 Å². The van der Waals surface area contributed by atoms with E-state index in [1.807, 2.05) is 6.92 Å². The predicted octanol–water partition coefficient (Wildman–Crippen LogP) is 4.42. The smallest absolute Gasteiger partial charge is 0.254 e. The molecule has 3 aromatic rings. The van der Waals surface area contributed by atoms with E-state index in [4.69, 9.17) is 16.3 Å². The number of halogens is 2. The fourth-order valence-corrected chi connectivity index (χ4v) is 3.48. The van der Waals surface area contributed by atoms with Crippen LogP contribution in [0.15, 0.2) is 55.1 Å². The summed E-state index contributed by atoms with van der Waals surface area (Å²) in [5.74, 6) is 0.490. The summed E-state index contributed by atoms with van der Waals surface area (Å²) >= 11 is 5.96. The monoisotopic (exact) mass is 440 g/mol. The zero-order valence-corrected chi connectivity index (χ0v) is 17.7. The predicted molar refractivity (Wildman–Crippen MR) is 116 cm³/mol. The number of rotatable bonds is 8. The van der Waals surface area contributed by atoms with Crippen LogP contribution < -0.4 is 15.4 Å². The maximum atomic E-state index is 14.6. The van der Waals surface area contributed by atoms with E-state index in [9.17, 15) is 9.18 Å². The molecular weight excluding hydrogens is 419 g/mol. The molecule has 31 heavy (non-hydrogen) atoms. The number of carbonyl (C=O) groups is 1. The quantitative estimate of drug-likeness (QED) is 0.542. The standard InChI is InChI=1S/C23H22ClFN4O2/c1-15-8-18(24)3-5-21(15)31-19-4-2-16(20(25)9-19)10-26-13-23(6-7-23)29-22(30)17-11-27-14-28-12-17/h2-5,8-9,11-12,14,26H,6-7,10,13H2,1H3,(H,29,30). The maximum Gasteiger partial charge on any atom is 0.254 e. The van der Waals surface area contributed by atoms with Crippen LogP contribution in [0.4, 0.5) is 4.39 Å². The van der Waals surface area contributed by atoms with Crippen LogP contribution in [0.3, 0.4) is 0 Å². The van der Waals surface area contributed by atoms with E-state index < -0.39 is 0 Å². The summed E-state index contributed by atoms with van der Waals surface area (Å²) < 4.78 is 20.3. The Hall–Kier alpha value is -3.03. The van der Waals surface area contributed by atoms with Gasteiger partial charge >= 0.3 is 0 Å². The minimum Gasteiger partial charge on any atom is -0.457 e. The Bertz CT molecular complexity index is 1090. The summed E-state index contributed by atoms with van der Waals surface area (Å²) in [4.78, 5) is 20.0. The Balaban J connectivity index is 1.31. The number of nitrogens with one attached hydrogen (secondary N) is 2. The molecular formula is C23H22ClFN4O2. The third kappa shape index (κ3) is 5.37. The number of aromatic nitrogens is 2. The Kier molecular flexibility index (Phi) is 6.15. The van der Waals surface area contributed by atoms with Crippen molar-refractivity contribution in [3.8, 4) is 11.5 Å². The molecule has 0 radical (unpaired) electrons. The second-order valence-corrected chi connectivity index (χ2v) is 8.17. The Morgan fingerprint density at radius 2 is 1.97 bits per heavy atom. The highest BCUT2D eigenvalue weighted by Crippen LogP contribution is 2.35. The van der Waals surface area contributed by atoms with Crippen LogP contribution in [0.25, 0.3) is 0 Å². The van der Waals surface area contributed by atoms with E-state index in [0.29, 0.717) is 40.7 Å². The summed E-state index contributed by atoms with van der Waals surface area (Å²) in [6.45, 7) is 2.78. The zero-order chi connectivity index (χ0) is 21.8. The molecule has 0 atom stereocenters. The first kappa shape index (κ1) is 21.2. The highest BCUT2D eigenvalue weighted by Gasteiger charge is 2.43. The summed E-state index contributed by atoms with van der Waals surface area (Å²) in [6.07, 6.45) is 6.09. The first-order chi connectivity index (χ1) is 14.9. The summed E-state index contributed by atoms with van der Waals surface area (Å²) in [5, 5.41) is 6.90. The lowest BCUT2D eigenvalue weighted by atomic mass is 10.1. The van der Waals surface area contributed by atoms with Gasteiger partial charge in [0.1, 0.15) is 23.6 Å². The van der Waals surface area contributed by atoms with Crippen molar-refractivity contribution in [1.29, 1.82) is 0 Å². The number of hydrogen-bond donors (Lipinski definition) is 2. The molecule has 2 N–H and O–H groups in total. The number of hydrogen-bond acceptors (Lipinski definition) is 5. The summed E-state index contributed by atoms with van der Waals surface area (Å²) in [6, 6.07) is 10.1. The van der Waals surface area contributed by atoms with Crippen LogP contribution in [0.2, 0.25) is 5.02 Å². The van der Waals surface area contributed by atoms with Crippen LogP contribution in [0.5, 0.6) is 11.5 Å². The van der Waals surface area contributed by atoms with Gasteiger partial charge in [0, 0.05) is 42.1 Å². The van der Waals surface area contributed by atoms with Gasteiger partial charge in [0.25, 0.3) is 5.91 Å². The van der Waals surface area contributed by atoms with Gasteiger partial charge in [-0.05, 0) is 49.6 Å². The summed E-state index contributed by atoms with van der Waals surface area (Å²) in [7, 11) is 0. The molecule has 2 aromatic carbocycles. The second-order valence-electron chi connectivity index (χ2n) is 7.73.